The van der Waals surface area contributed by atoms with E-state index in [-0.39, 0.29) is 5.82 Å². The summed E-state index contributed by atoms with van der Waals surface area (Å²) in [7, 11) is 2.15. The minimum Gasteiger partial charge on any atom is -0.352 e. The average molecular weight is 429 g/mol. The minimum absolute atomic E-state index is 0.256. The minimum atomic E-state index is -0.256. The number of likely N-dealkylation sites (tertiary alicyclic amines) is 1. The molecule has 1 aliphatic heterocycles. The van der Waals surface area contributed by atoms with Crippen LogP contribution in [0.15, 0.2) is 73.3 Å². The van der Waals surface area contributed by atoms with E-state index in [4.69, 9.17) is 4.98 Å². The van der Waals surface area contributed by atoms with Crippen LogP contribution in [-0.4, -0.2) is 44.6 Å². The van der Waals surface area contributed by atoms with Gasteiger partial charge in [-0.25, -0.2) is 19.3 Å². The fourth-order valence-corrected chi connectivity index (χ4v) is 4.16. The maximum Gasteiger partial charge on any atom is 0.161 e. The van der Waals surface area contributed by atoms with E-state index in [0.717, 1.165) is 60.1 Å². The maximum absolute atomic E-state index is 13.5. The molecule has 0 saturated carbocycles. The summed E-state index contributed by atoms with van der Waals surface area (Å²) in [5, 5.41) is 3.43. The van der Waals surface area contributed by atoms with Gasteiger partial charge in [0, 0.05) is 23.5 Å². The van der Waals surface area contributed by atoms with Crippen LogP contribution in [0.3, 0.4) is 0 Å². The van der Waals surface area contributed by atoms with Crippen LogP contribution in [0.1, 0.15) is 18.9 Å². The molecular weight excluding hydrogens is 403 g/mol. The molecule has 5 rings (SSSR count). The van der Waals surface area contributed by atoms with Gasteiger partial charge in [0.15, 0.2) is 5.82 Å². The largest absolute Gasteiger partial charge is 0.352 e. The van der Waals surface area contributed by atoms with E-state index in [0.29, 0.717) is 6.04 Å². The second-order valence-corrected chi connectivity index (χ2v) is 8.17. The Morgan fingerprint density at radius 3 is 2.50 bits per heavy atom. The van der Waals surface area contributed by atoms with Crippen molar-refractivity contribution in [1.82, 2.24) is 24.4 Å². The predicted octanol–water partition coefficient (Wildman–Crippen LogP) is 5.16. The van der Waals surface area contributed by atoms with Crippen LogP contribution < -0.4 is 5.32 Å². The van der Waals surface area contributed by atoms with Gasteiger partial charge in [0.05, 0.1) is 17.6 Å². The van der Waals surface area contributed by atoms with Crippen LogP contribution in [0, 0.1) is 5.82 Å². The number of benzene rings is 2. The number of nitrogens with zero attached hydrogens (tertiary/aromatic N) is 5. The average Bonchev–Trinajstić information content (AvgIpc) is 3.26. The van der Waals surface area contributed by atoms with Gasteiger partial charge in [-0.1, -0.05) is 18.2 Å². The third-order valence-electron chi connectivity index (χ3n) is 5.93. The van der Waals surface area contributed by atoms with E-state index in [1.165, 1.54) is 12.1 Å². The summed E-state index contributed by atoms with van der Waals surface area (Å²) in [6.45, 7) is 2.07. The van der Waals surface area contributed by atoms with Gasteiger partial charge in [-0.05, 0) is 69.4 Å². The standard InChI is InChI=1S/C25H25FN6/c1-31-13-11-21(12-14-31)32-16-23(18-7-9-19(26)10-8-18)30-25(32)24-22(15-27-17-28-24)29-20-5-3-2-4-6-20/h2-10,15-17,21,29H,11-14H2,1H3. The molecule has 1 saturated heterocycles. The predicted molar refractivity (Wildman–Crippen MR) is 124 cm³/mol. The number of anilines is 2. The molecule has 2 aromatic heterocycles. The van der Waals surface area contributed by atoms with Gasteiger partial charge >= 0.3 is 0 Å². The van der Waals surface area contributed by atoms with Crippen molar-refractivity contribution in [1.29, 1.82) is 0 Å². The number of imidazole rings is 1. The Hall–Kier alpha value is -3.58. The van der Waals surface area contributed by atoms with Crippen molar-refractivity contribution in [2.75, 3.05) is 25.5 Å². The van der Waals surface area contributed by atoms with Gasteiger partial charge in [0.2, 0.25) is 0 Å². The van der Waals surface area contributed by atoms with E-state index < -0.39 is 0 Å². The summed E-state index contributed by atoms with van der Waals surface area (Å²) in [6, 6.07) is 16.8. The van der Waals surface area contributed by atoms with Crippen LogP contribution in [0.5, 0.6) is 0 Å². The number of aromatic nitrogens is 4. The molecule has 2 aromatic carbocycles. The fraction of sp³-hybridized carbons (Fsp3) is 0.240. The molecule has 0 spiro atoms. The van der Waals surface area contributed by atoms with E-state index in [9.17, 15) is 4.39 Å². The lowest BCUT2D eigenvalue weighted by Gasteiger charge is -2.30. The lowest BCUT2D eigenvalue weighted by Crippen LogP contribution is -2.31. The van der Waals surface area contributed by atoms with Crippen molar-refractivity contribution in [3.05, 3.63) is 79.1 Å². The maximum atomic E-state index is 13.5. The molecule has 1 fully saturated rings. The van der Waals surface area contributed by atoms with Crippen LogP contribution in [-0.2, 0) is 0 Å². The molecule has 162 valence electrons. The molecule has 7 heteroatoms. The van der Waals surface area contributed by atoms with Crippen LogP contribution >= 0.6 is 0 Å². The molecular formula is C25H25FN6. The molecule has 3 heterocycles. The van der Waals surface area contributed by atoms with Crippen molar-refractivity contribution >= 4 is 11.4 Å². The number of hydrogen-bond acceptors (Lipinski definition) is 5. The Balaban J connectivity index is 1.59. The van der Waals surface area contributed by atoms with Gasteiger partial charge in [0.1, 0.15) is 17.8 Å². The summed E-state index contributed by atoms with van der Waals surface area (Å²) in [6.07, 6.45) is 7.48. The number of piperidine rings is 1. The normalized spacial score (nSPS) is 15.1. The Labute approximate surface area is 186 Å². The summed E-state index contributed by atoms with van der Waals surface area (Å²) >= 11 is 0. The Morgan fingerprint density at radius 1 is 1.00 bits per heavy atom. The van der Waals surface area contributed by atoms with Gasteiger partial charge in [-0.15, -0.1) is 0 Å². The zero-order chi connectivity index (χ0) is 21.9. The van der Waals surface area contributed by atoms with Gasteiger partial charge in [-0.3, -0.25) is 0 Å². The van der Waals surface area contributed by atoms with E-state index >= 15 is 0 Å². The molecule has 0 bridgehead atoms. The van der Waals surface area contributed by atoms with E-state index in [2.05, 4.69) is 38.0 Å². The zero-order valence-corrected chi connectivity index (χ0v) is 17.9. The second kappa shape index (κ2) is 8.88. The first-order valence-corrected chi connectivity index (χ1v) is 10.8. The van der Waals surface area contributed by atoms with E-state index in [1.54, 1.807) is 24.7 Å². The fourth-order valence-electron chi connectivity index (χ4n) is 4.16. The second-order valence-electron chi connectivity index (χ2n) is 8.17. The molecule has 6 nitrogen and oxygen atoms in total. The highest BCUT2D eigenvalue weighted by atomic mass is 19.1. The molecule has 0 amide bonds. The topological polar surface area (TPSA) is 58.9 Å². The number of nitrogens with one attached hydrogen (secondary N) is 1. The SMILES string of the molecule is CN1CCC(n2cc(-c3ccc(F)cc3)nc2-c2ncncc2Nc2ccccc2)CC1. The smallest absolute Gasteiger partial charge is 0.161 e. The number of rotatable bonds is 5. The molecule has 0 radical (unpaired) electrons. The zero-order valence-electron chi connectivity index (χ0n) is 17.9. The Bertz CT molecular complexity index is 1180. The van der Waals surface area contributed by atoms with Gasteiger partial charge in [0.25, 0.3) is 0 Å². The first kappa shape index (κ1) is 20.3. The van der Waals surface area contributed by atoms with Crippen molar-refractivity contribution in [2.24, 2.45) is 0 Å². The quantitative estimate of drug-likeness (QED) is 0.476. The van der Waals surface area contributed by atoms with Crippen LogP contribution in [0.2, 0.25) is 0 Å². The number of halogens is 1. The molecule has 4 aromatic rings. The van der Waals surface area contributed by atoms with Crippen molar-refractivity contribution in [3.8, 4) is 22.8 Å². The first-order chi connectivity index (χ1) is 15.7. The van der Waals surface area contributed by atoms with Gasteiger partial charge < -0.3 is 14.8 Å². The summed E-state index contributed by atoms with van der Waals surface area (Å²) < 4.78 is 15.7. The Kier molecular flexibility index (Phi) is 5.64. The van der Waals surface area contributed by atoms with Gasteiger partial charge in [-0.2, -0.15) is 0 Å². The van der Waals surface area contributed by atoms with Crippen molar-refractivity contribution in [2.45, 2.75) is 18.9 Å². The number of hydrogen-bond donors (Lipinski definition) is 1. The lowest BCUT2D eigenvalue weighted by molar-refractivity contribution is 0.222. The summed E-state index contributed by atoms with van der Waals surface area (Å²) in [5.74, 6) is 0.536. The third-order valence-corrected chi connectivity index (χ3v) is 5.93. The monoisotopic (exact) mass is 428 g/mol. The Morgan fingerprint density at radius 2 is 1.75 bits per heavy atom. The van der Waals surface area contributed by atoms with Crippen molar-refractivity contribution in [3.63, 3.8) is 0 Å². The number of para-hydroxylation sites is 1. The van der Waals surface area contributed by atoms with Crippen LogP contribution in [0.25, 0.3) is 22.8 Å². The molecule has 0 unspecified atom stereocenters. The highest BCUT2D eigenvalue weighted by Crippen LogP contribution is 2.34. The lowest BCUT2D eigenvalue weighted by atomic mass is 10.0. The summed E-state index contributed by atoms with van der Waals surface area (Å²) in [5.41, 5.74) is 4.19. The first-order valence-electron chi connectivity index (χ1n) is 10.8. The molecule has 0 aliphatic carbocycles. The van der Waals surface area contributed by atoms with Crippen molar-refractivity contribution < 1.29 is 4.39 Å². The highest BCUT2D eigenvalue weighted by molar-refractivity contribution is 5.75. The van der Waals surface area contributed by atoms with E-state index in [1.807, 2.05) is 30.3 Å². The molecule has 1 N–H and O–H groups in total. The highest BCUT2D eigenvalue weighted by Gasteiger charge is 2.24. The summed E-state index contributed by atoms with van der Waals surface area (Å²) in [4.78, 5) is 16.2. The third kappa shape index (κ3) is 4.24. The molecule has 32 heavy (non-hydrogen) atoms. The molecule has 1 aliphatic rings. The van der Waals surface area contributed by atoms with Crippen LogP contribution in [0.4, 0.5) is 15.8 Å². The molecule has 0 atom stereocenters.